The monoisotopic (exact) mass is 292 g/mol. The molecule has 2 saturated heterocycles. The van der Waals surface area contributed by atoms with Gasteiger partial charge in [-0.3, -0.25) is 9.59 Å². The molecule has 1 N–H and O–H groups in total. The van der Waals surface area contributed by atoms with Crippen molar-refractivity contribution in [1.82, 2.24) is 20.4 Å². The summed E-state index contributed by atoms with van der Waals surface area (Å²) in [4.78, 5) is 30.0. The lowest BCUT2D eigenvalue weighted by Crippen LogP contribution is -2.44. The summed E-state index contributed by atoms with van der Waals surface area (Å²) < 4.78 is 5.24. The molecule has 2 aliphatic heterocycles. The summed E-state index contributed by atoms with van der Waals surface area (Å²) in [6, 6.07) is -0.527. The Hall–Kier alpha value is -1.92. The van der Waals surface area contributed by atoms with E-state index in [0.29, 0.717) is 31.1 Å². The predicted molar refractivity (Wildman–Crippen MR) is 73.2 cm³/mol. The van der Waals surface area contributed by atoms with Crippen LogP contribution >= 0.6 is 0 Å². The van der Waals surface area contributed by atoms with Crippen LogP contribution in [0.25, 0.3) is 0 Å². The number of hydrogen-bond acceptors (Lipinski definition) is 5. The van der Waals surface area contributed by atoms with E-state index in [4.69, 9.17) is 4.52 Å². The van der Waals surface area contributed by atoms with Crippen LogP contribution in [-0.4, -0.2) is 39.4 Å². The van der Waals surface area contributed by atoms with Crippen molar-refractivity contribution in [2.75, 3.05) is 6.54 Å². The third kappa shape index (κ3) is 2.64. The van der Waals surface area contributed by atoms with Crippen molar-refractivity contribution in [2.45, 2.75) is 57.5 Å². The Kier molecular flexibility index (Phi) is 3.65. The minimum Gasteiger partial charge on any atom is -0.344 e. The van der Waals surface area contributed by atoms with E-state index in [1.165, 1.54) is 0 Å². The summed E-state index contributed by atoms with van der Waals surface area (Å²) in [5.74, 6) is 1.27. The van der Waals surface area contributed by atoms with Crippen LogP contribution in [-0.2, 0) is 9.59 Å². The van der Waals surface area contributed by atoms with E-state index in [1.807, 2.05) is 13.8 Å². The number of rotatable bonds is 3. The fourth-order valence-electron chi connectivity index (χ4n) is 2.92. The van der Waals surface area contributed by atoms with Crippen LogP contribution in [0.4, 0.5) is 0 Å². The first-order valence-corrected chi connectivity index (χ1v) is 7.49. The van der Waals surface area contributed by atoms with Crippen molar-refractivity contribution in [3.05, 3.63) is 11.7 Å². The molecule has 2 fully saturated rings. The standard InChI is InChI=1S/C14H20N4O3/c1-8(2)13-16-12(17-21-13)10-4-3-7-18(10)14(20)9-5-6-11(19)15-9/h8-10H,3-7H2,1-2H3,(H,15,19)/t9-,10-/m0/s1. The van der Waals surface area contributed by atoms with Crippen LogP contribution in [0.2, 0.25) is 0 Å². The molecule has 0 bridgehead atoms. The van der Waals surface area contributed by atoms with Gasteiger partial charge in [-0.15, -0.1) is 0 Å². The average molecular weight is 292 g/mol. The largest absolute Gasteiger partial charge is 0.344 e. The second-order valence-corrected chi connectivity index (χ2v) is 5.99. The predicted octanol–water partition coefficient (Wildman–Crippen LogP) is 1.14. The lowest BCUT2D eigenvalue weighted by atomic mass is 10.1. The number of nitrogens with one attached hydrogen (secondary N) is 1. The van der Waals surface area contributed by atoms with Gasteiger partial charge in [0.1, 0.15) is 6.04 Å². The minimum atomic E-state index is -0.394. The van der Waals surface area contributed by atoms with Crippen LogP contribution < -0.4 is 5.32 Å². The fraction of sp³-hybridized carbons (Fsp3) is 0.714. The Balaban J connectivity index is 1.75. The van der Waals surface area contributed by atoms with E-state index >= 15 is 0 Å². The van der Waals surface area contributed by atoms with Crippen molar-refractivity contribution in [2.24, 2.45) is 0 Å². The maximum atomic E-state index is 12.5. The van der Waals surface area contributed by atoms with Gasteiger partial charge in [-0.05, 0) is 19.3 Å². The molecule has 21 heavy (non-hydrogen) atoms. The van der Waals surface area contributed by atoms with Gasteiger partial charge in [0.05, 0.1) is 6.04 Å². The van der Waals surface area contributed by atoms with Gasteiger partial charge in [-0.25, -0.2) is 0 Å². The van der Waals surface area contributed by atoms with Crippen LogP contribution in [0.15, 0.2) is 4.52 Å². The third-order valence-electron chi connectivity index (χ3n) is 4.08. The molecule has 3 rings (SSSR count). The molecule has 7 heteroatoms. The second kappa shape index (κ2) is 5.46. The summed E-state index contributed by atoms with van der Waals surface area (Å²) >= 11 is 0. The first-order chi connectivity index (χ1) is 10.1. The molecule has 0 saturated carbocycles. The lowest BCUT2D eigenvalue weighted by molar-refractivity contribution is -0.135. The summed E-state index contributed by atoms with van der Waals surface area (Å²) in [6.07, 6.45) is 2.76. The average Bonchev–Trinajstić information content (AvgIpc) is 3.17. The Bertz CT molecular complexity index is 554. The quantitative estimate of drug-likeness (QED) is 0.902. The molecule has 0 radical (unpaired) electrons. The molecule has 7 nitrogen and oxygen atoms in total. The van der Waals surface area contributed by atoms with Crippen molar-refractivity contribution >= 4 is 11.8 Å². The fourth-order valence-corrected chi connectivity index (χ4v) is 2.92. The molecule has 0 aromatic carbocycles. The summed E-state index contributed by atoms with van der Waals surface area (Å²) in [5, 5.41) is 6.76. The molecule has 0 spiro atoms. The maximum absolute atomic E-state index is 12.5. The zero-order valence-corrected chi connectivity index (χ0v) is 12.3. The molecular formula is C14H20N4O3. The van der Waals surface area contributed by atoms with Gasteiger partial charge in [0.25, 0.3) is 0 Å². The highest BCUT2D eigenvalue weighted by atomic mass is 16.5. The van der Waals surface area contributed by atoms with Gasteiger partial charge in [0.15, 0.2) is 5.82 Å². The molecule has 2 atom stereocenters. The highest BCUT2D eigenvalue weighted by Gasteiger charge is 2.38. The SMILES string of the molecule is CC(C)c1nc([C@@H]2CCCN2C(=O)[C@@H]2CCC(=O)N2)no1. The van der Waals surface area contributed by atoms with Gasteiger partial charge < -0.3 is 14.7 Å². The normalized spacial score (nSPS) is 25.7. The molecule has 2 aliphatic rings. The van der Waals surface area contributed by atoms with Gasteiger partial charge in [0.2, 0.25) is 17.7 Å². The van der Waals surface area contributed by atoms with Crippen molar-refractivity contribution in [3.8, 4) is 0 Å². The van der Waals surface area contributed by atoms with Crippen LogP contribution in [0.5, 0.6) is 0 Å². The molecule has 1 aromatic rings. The van der Waals surface area contributed by atoms with Crippen LogP contribution in [0.1, 0.15) is 63.2 Å². The number of carbonyl (C=O) groups is 2. The lowest BCUT2D eigenvalue weighted by Gasteiger charge is -2.25. The van der Waals surface area contributed by atoms with Gasteiger partial charge in [-0.1, -0.05) is 19.0 Å². The molecule has 114 valence electrons. The zero-order valence-electron chi connectivity index (χ0n) is 12.3. The van der Waals surface area contributed by atoms with Gasteiger partial charge in [0, 0.05) is 18.9 Å². The Morgan fingerprint density at radius 3 is 2.86 bits per heavy atom. The topological polar surface area (TPSA) is 88.3 Å². The molecule has 0 unspecified atom stereocenters. The summed E-state index contributed by atoms with van der Waals surface area (Å²) in [7, 11) is 0. The van der Waals surface area contributed by atoms with E-state index in [1.54, 1.807) is 4.90 Å². The summed E-state index contributed by atoms with van der Waals surface area (Å²) in [6.45, 7) is 4.66. The van der Waals surface area contributed by atoms with E-state index in [-0.39, 0.29) is 23.8 Å². The Morgan fingerprint density at radius 1 is 1.43 bits per heavy atom. The van der Waals surface area contributed by atoms with Crippen LogP contribution in [0.3, 0.4) is 0 Å². The van der Waals surface area contributed by atoms with E-state index in [9.17, 15) is 9.59 Å². The van der Waals surface area contributed by atoms with E-state index in [2.05, 4.69) is 15.5 Å². The molecule has 1 aromatic heterocycles. The molecule has 0 aliphatic carbocycles. The second-order valence-electron chi connectivity index (χ2n) is 5.99. The Morgan fingerprint density at radius 2 is 2.24 bits per heavy atom. The summed E-state index contributed by atoms with van der Waals surface area (Å²) in [5.41, 5.74) is 0. The van der Waals surface area contributed by atoms with Crippen molar-refractivity contribution in [1.29, 1.82) is 0 Å². The number of likely N-dealkylation sites (tertiary alicyclic amines) is 1. The number of nitrogens with zero attached hydrogens (tertiary/aromatic N) is 3. The number of amides is 2. The van der Waals surface area contributed by atoms with Crippen molar-refractivity contribution < 1.29 is 14.1 Å². The smallest absolute Gasteiger partial charge is 0.245 e. The highest BCUT2D eigenvalue weighted by Crippen LogP contribution is 2.32. The maximum Gasteiger partial charge on any atom is 0.245 e. The first-order valence-electron chi connectivity index (χ1n) is 7.49. The van der Waals surface area contributed by atoms with Gasteiger partial charge >= 0.3 is 0 Å². The number of carbonyl (C=O) groups excluding carboxylic acids is 2. The van der Waals surface area contributed by atoms with E-state index in [0.717, 1.165) is 12.8 Å². The number of hydrogen-bond donors (Lipinski definition) is 1. The van der Waals surface area contributed by atoms with E-state index < -0.39 is 6.04 Å². The van der Waals surface area contributed by atoms with Gasteiger partial charge in [-0.2, -0.15) is 4.98 Å². The third-order valence-corrected chi connectivity index (χ3v) is 4.08. The highest BCUT2D eigenvalue weighted by molar-refractivity contribution is 5.91. The number of aromatic nitrogens is 2. The van der Waals surface area contributed by atoms with Crippen molar-refractivity contribution in [3.63, 3.8) is 0 Å². The van der Waals surface area contributed by atoms with Crippen LogP contribution in [0, 0.1) is 0 Å². The minimum absolute atomic E-state index is 0.0285. The Labute approximate surface area is 123 Å². The zero-order chi connectivity index (χ0) is 15.0. The molecular weight excluding hydrogens is 272 g/mol. The first kappa shape index (κ1) is 14.0. The molecule has 2 amide bonds. The molecule has 3 heterocycles.